The lowest BCUT2D eigenvalue weighted by Crippen LogP contribution is -2.45. The molecule has 0 fully saturated rings. The molecule has 2 unspecified atom stereocenters. The van der Waals surface area contributed by atoms with Crippen LogP contribution < -0.4 is 5.32 Å². The van der Waals surface area contributed by atoms with Gasteiger partial charge in [0.15, 0.2) is 0 Å². The van der Waals surface area contributed by atoms with Crippen LogP contribution >= 0.6 is 0 Å². The average molecular weight is 818 g/mol. The molecule has 0 aliphatic rings. The normalized spacial score (nSPS) is 12.8. The Morgan fingerprint density at radius 3 is 1.38 bits per heavy atom. The molecule has 0 bridgehead atoms. The van der Waals surface area contributed by atoms with Crippen LogP contribution in [0.3, 0.4) is 0 Å². The molecule has 0 saturated carbocycles. The predicted molar refractivity (Wildman–Crippen MR) is 250 cm³/mol. The molecule has 6 heteroatoms. The molecule has 58 heavy (non-hydrogen) atoms. The first-order valence-corrected chi connectivity index (χ1v) is 25.6. The van der Waals surface area contributed by atoms with Crippen molar-refractivity contribution in [1.29, 1.82) is 0 Å². The Morgan fingerprint density at radius 1 is 0.483 bits per heavy atom. The average Bonchev–Trinajstić information content (AvgIpc) is 3.22. The molecule has 3 N–H and O–H groups in total. The van der Waals surface area contributed by atoms with E-state index in [4.69, 9.17) is 4.74 Å². The quantitative estimate of drug-likeness (QED) is 0.0323. The van der Waals surface area contributed by atoms with Crippen molar-refractivity contribution in [3.8, 4) is 0 Å². The van der Waals surface area contributed by atoms with Gasteiger partial charge in [0.1, 0.15) is 0 Å². The summed E-state index contributed by atoms with van der Waals surface area (Å²) in [5.41, 5.74) is 0. The van der Waals surface area contributed by atoms with E-state index in [2.05, 4.69) is 43.5 Å². The molecule has 0 radical (unpaired) electrons. The molecule has 342 valence electrons. The molecule has 0 heterocycles. The number of amides is 1. The zero-order chi connectivity index (χ0) is 42.3. The van der Waals surface area contributed by atoms with Crippen molar-refractivity contribution >= 4 is 11.9 Å². The third kappa shape index (κ3) is 43.9. The van der Waals surface area contributed by atoms with E-state index < -0.39 is 12.1 Å². The highest BCUT2D eigenvalue weighted by Gasteiger charge is 2.20. The molecule has 2 atom stereocenters. The van der Waals surface area contributed by atoms with E-state index >= 15 is 0 Å². The molecule has 0 rings (SSSR count). The number of allylic oxidation sites excluding steroid dienone is 4. The van der Waals surface area contributed by atoms with Gasteiger partial charge in [-0.05, 0) is 51.4 Å². The summed E-state index contributed by atoms with van der Waals surface area (Å²) in [7, 11) is 0. The van der Waals surface area contributed by atoms with E-state index in [1.54, 1.807) is 0 Å². The van der Waals surface area contributed by atoms with Gasteiger partial charge in [-0.1, -0.05) is 231 Å². The summed E-state index contributed by atoms with van der Waals surface area (Å²) in [6.07, 6.45) is 55.7. The van der Waals surface area contributed by atoms with Crippen molar-refractivity contribution in [2.75, 3.05) is 13.2 Å². The fourth-order valence-electron chi connectivity index (χ4n) is 7.79. The third-order valence-corrected chi connectivity index (χ3v) is 11.7. The number of nitrogens with one attached hydrogen (secondary N) is 1. The van der Waals surface area contributed by atoms with Crippen molar-refractivity contribution < 1.29 is 24.5 Å². The number of aliphatic hydroxyl groups is 2. The number of hydrogen-bond acceptors (Lipinski definition) is 5. The van der Waals surface area contributed by atoms with E-state index in [0.717, 1.165) is 51.4 Å². The highest BCUT2D eigenvalue weighted by atomic mass is 16.5. The Kier molecular flexibility index (Phi) is 46.6. The first-order valence-electron chi connectivity index (χ1n) is 25.6. The maximum atomic E-state index is 12.4. The van der Waals surface area contributed by atoms with E-state index in [1.165, 1.54) is 186 Å². The molecule has 0 aliphatic heterocycles. The predicted octanol–water partition coefficient (Wildman–Crippen LogP) is 15.1. The lowest BCUT2D eigenvalue weighted by atomic mass is 10.0. The molecule has 0 spiro atoms. The largest absolute Gasteiger partial charge is 0.466 e. The van der Waals surface area contributed by atoms with Gasteiger partial charge in [-0.3, -0.25) is 9.59 Å². The second kappa shape index (κ2) is 48.0. The zero-order valence-electron chi connectivity index (χ0n) is 38.8. The maximum absolute atomic E-state index is 12.4. The van der Waals surface area contributed by atoms with Gasteiger partial charge in [0.05, 0.1) is 25.4 Å². The lowest BCUT2D eigenvalue weighted by molar-refractivity contribution is -0.143. The van der Waals surface area contributed by atoms with Crippen LogP contribution in [0.4, 0.5) is 0 Å². The molecule has 0 aromatic rings. The number of hydrogen-bond donors (Lipinski definition) is 3. The SMILES string of the molecule is CCC/C=C\C/C=C\CCCCCCCC(=O)OCCCCCCCCCCCCCCCCCCCC(=O)NC(CO)C(O)CCCCCCCCCCCCC. The summed E-state index contributed by atoms with van der Waals surface area (Å²) in [6, 6.07) is -0.544. The van der Waals surface area contributed by atoms with Gasteiger partial charge in [-0.2, -0.15) is 0 Å². The van der Waals surface area contributed by atoms with Crippen LogP contribution in [0.5, 0.6) is 0 Å². The summed E-state index contributed by atoms with van der Waals surface area (Å²) in [4.78, 5) is 24.4. The summed E-state index contributed by atoms with van der Waals surface area (Å²) in [5, 5.41) is 23.1. The van der Waals surface area contributed by atoms with Gasteiger partial charge < -0.3 is 20.3 Å². The minimum absolute atomic E-state index is 0.0103. The van der Waals surface area contributed by atoms with Gasteiger partial charge in [0, 0.05) is 12.8 Å². The number of aliphatic hydroxyl groups excluding tert-OH is 2. The Hall–Kier alpha value is -1.66. The maximum Gasteiger partial charge on any atom is 0.305 e. The van der Waals surface area contributed by atoms with E-state index in [1.807, 2.05) is 0 Å². The van der Waals surface area contributed by atoms with Crippen LogP contribution in [0.15, 0.2) is 24.3 Å². The first-order chi connectivity index (χ1) is 28.5. The fraction of sp³-hybridized carbons (Fsp3) is 0.885. The Morgan fingerprint density at radius 2 is 0.897 bits per heavy atom. The van der Waals surface area contributed by atoms with Crippen molar-refractivity contribution in [3.05, 3.63) is 24.3 Å². The van der Waals surface area contributed by atoms with E-state index in [0.29, 0.717) is 25.9 Å². The highest BCUT2D eigenvalue weighted by Crippen LogP contribution is 2.16. The van der Waals surface area contributed by atoms with E-state index in [9.17, 15) is 19.8 Å². The van der Waals surface area contributed by atoms with Gasteiger partial charge in [-0.15, -0.1) is 0 Å². The van der Waals surface area contributed by atoms with E-state index in [-0.39, 0.29) is 18.5 Å². The minimum Gasteiger partial charge on any atom is -0.466 e. The molecule has 0 aromatic heterocycles. The van der Waals surface area contributed by atoms with Crippen LogP contribution in [0.25, 0.3) is 0 Å². The number of unbranched alkanes of at least 4 members (excludes halogenated alkanes) is 32. The molecule has 1 amide bonds. The number of esters is 1. The third-order valence-electron chi connectivity index (χ3n) is 11.7. The van der Waals surface area contributed by atoms with Crippen LogP contribution in [0.2, 0.25) is 0 Å². The summed E-state index contributed by atoms with van der Waals surface area (Å²) < 4.78 is 5.45. The van der Waals surface area contributed by atoms with Crippen molar-refractivity contribution in [3.63, 3.8) is 0 Å². The molecular formula is C52H99NO5. The minimum atomic E-state index is -0.666. The van der Waals surface area contributed by atoms with Gasteiger partial charge in [0.25, 0.3) is 0 Å². The highest BCUT2D eigenvalue weighted by molar-refractivity contribution is 5.76. The van der Waals surface area contributed by atoms with Crippen LogP contribution in [-0.2, 0) is 14.3 Å². The smallest absolute Gasteiger partial charge is 0.305 e. The number of carbonyl (C=O) groups is 2. The Bertz CT molecular complexity index is 904. The fourth-order valence-corrected chi connectivity index (χ4v) is 7.79. The second-order valence-corrected chi connectivity index (χ2v) is 17.5. The monoisotopic (exact) mass is 818 g/mol. The summed E-state index contributed by atoms with van der Waals surface area (Å²) in [6.45, 7) is 4.86. The topological polar surface area (TPSA) is 95.9 Å². The van der Waals surface area contributed by atoms with Gasteiger partial charge in [0.2, 0.25) is 5.91 Å². The second-order valence-electron chi connectivity index (χ2n) is 17.5. The van der Waals surface area contributed by atoms with Crippen LogP contribution in [0.1, 0.15) is 271 Å². The standard InChI is InChI=1S/C52H99NO5/c1-3-5-7-9-11-13-15-21-26-30-34-38-42-46-52(57)58-47-43-39-35-31-27-23-20-18-16-17-19-22-25-29-33-37-41-45-51(56)53-49(48-54)50(55)44-40-36-32-28-24-14-12-10-8-6-4-2/h7,9,13,15,49-50,54-55H,3-6,8,10-12,14,16-48H2,1-2H3,(H,53,56)/b9-7-,15-13-. The molecular weight excluding hydrogens is 719 g/mol. The molecule has 0 aromatic carbocycles. The molecule has 6 nitrogen and oxygen atoms in total. The number of rotatable bonds is 47. The van der Waals surface area contributed by atoms with Gasteiger partial charge in [-0.25, -0.2) is 0 Å². The first kappa shape index (κ1) is 56.3. The van der Waals surface area contributed by atoms with Gasteiger partial charge >= 0.3 is 5.97 Å². The summed E-state index contributed by atoms with van der Waals surface area (Å²) >= 11 is 0. The van der Waals surface area contributed by atoms with Crippen molar-refractivity contribution in [1.82, 2.24) is 5.32 Å². The van der Waals surface area contributed by atoms with Crippen molar-refractivity contribution in [2.24, 2.45) is 0 Å². The molecule has 0 saturated heterocycles. The van der Waals surface area contributed by atoms with Crippen molar-refractivity contribution in [2.45, 2.75) is 283 Å². The number of ether oxygens (including phenoxy) is 1. The zero-order valence-corrected chi connectivity index (χ0v) is 38.8. The Balaban J connectivity index is 3.41. The molecule has 0 aliphatic carbocycles. The Labute approximate surface area is 361 Å². The number of carbonyl (C=O) groups excluding carboxylic acids is 2. The van der Waals surface area contributed by atoms with Crippen LogP contribution in [0, 0.1) is 0 Å². The lowest BCUT2D eigenvalue weighted by Gasteiger charge is -2.22. The summed E-state index contributed by atoms with van der Waals surface area (Å²) in [5.74, 6) is -0.0523. The van der Waals surface area contributed by atoms with Crippen LogP contribution in [-0.4, -0.2) is 47.4 Å².